The molecule has 0 spiro atoms. The Kier molecular flexibility index (Phi) is 16.0. The van der Waals surface area contributed by atoms with Crippen LogP contribution in [-0.4, -0.2) is 92.1 Å². The summed E-state index contributed by atoms with van der Waals surface area (Å²) in [7, 11) is 2.68. The summed E-state index contributed by atoms with van der Waals surface area (Å²) in [6, 6.07) is 30.0. The minimum absolute atomic E-state index is 0.0743. The van der Waals surface area contributed by atoms with E-state index in [1.807, 2.05) is 61.0 Å². The normalized spacial score (nSPS) is 25.6. The largest absolute Gasteiger partial charge is 0.453 e. The van der Waals surface area contributed by atoms with Crippen LogP contribution in [0, 0.1) is 23.7 Å². The molecule has 4 heterocycles. The monoisotopic (exact) mass is 1140 g/mol. The molecule has 10 aliphatic rings. The standard InChI is InChI=1S/C71H78N8O6/c1-43-36-53-25-23-44(37-56(53)46-26-31-48(32-27-46)58-41-72-66(74-58)62-39-54-18-10-12-20-60(54)78(62)68(80)64(76-70(82)84-2)50-14-6-4-7-15-50)22-24-45-30-35-52(43)38-57(45)47-28-33-49(34-29-47)59-42-73-67(75-59)63-40-55-19-11-13-21-61(55)79(63)69(81)65(77-71(83)85-3)51-16-8-5-9-17-51/h4-9,14,16,23,25-35,37-38,41-43,50-51,54-55,60-65H,10-13,15,17-22,24,36,39-40H2,1-3H3,(H,72,74)(H,73,75)(H,76,82)(H,77,83)/t43-,50?,51?,54+,55+,60+,61+,62+,63+,64+,65+/m1/s1. The number of likely N-dealkylation sites (tertiary alicyclic amines) is 2. The summed E-state index contributed by atoms with van der Waals surface area (Å²) >= 11 is 0. The van der Waals surface area contributed by atoms with Crippen LogP contribution in [0.2, 0.25) is 0 Å². The minimum Gasteiger partial charge on any atom is -0.453 e. The second-order valence-corrected chi connectivity index (χ2v) is 24.9. The summed E-state index contributed by atoms with van der Waals surface area (Å²) < 4.78 is 10.0. The van der Waals surface area contributed by atoms with E-state index in [1.54, 1.807) is 0 Å². The highest BCUT2D eigenvalue weighted by Gasteiger charge is 2.50. The maximum atomic E-state index is 14.8. The van der Waals surface area contributed by atoms with Gasteiger partial charge in [0.05, 0.1) is 50.1 Å². The van der Waals surface area contributed by atoms with Gasteiger partial charge >= 0.3 is 12.2 Å². The van der Waals surface area contributed by atoms with Crippen LogP contribution in [0.4, 0.5) is 9.59 Å². The van der Waals surface area contributed by atoms with Gasteiger partial charge in [-0.3, -0.25) is 9.59 Å². The molecule has 4 aromatic carbocycles. The Morgan fingerprint density at radius 2 is 1.05 bits per heavy atom. The first-order valence-electron chi connectivity index (χ1n) is 31.1. The van der Waals surface area contributed by atoms with E-state index in [0.29, 0.717) is 24.7 Å². The molecular weight excluding hydrogens is 1060 g/mol. The molecule has 2 unspecified atom stereocenters. The first-order valence-corrected chi connectivity index (χ1v) is 31.1. The summed E-state index contributed by atoms with van der Waals surface area (Å²) in [5, 5.41) is 5.83. The molecule has 2 saturated heterocycles. The van der Waals surface area contributed by atoms with Gasteiger partial charge in [0.2, 0.25) is 11.8 Å². The number of rotatable bonds is 12. The zero-order chi connectivity index (χ0) is 58.1. The number of aromatic nitrogens is 4. The van der Waals surface area contributed by atoms with Crippen molar-refractivity contribution in [3.05, 3.63) is 180 Å². The van der Waals surface area contributed by atoms with Gasteiger partial charge in [-0.15, -0.1) is 0 Å². The van der Waals surface area contributed by atoms with Crippen LogP contribution in [0.3, 0.4) is 0 Å². The molecule has 2 aromatic heterocycles. The van der Waals surface area contributed by atoms with Crippen LogP contribution < -0.4 is 10.6 Å². The molecule has 4 N–H and O–H groups in total. The number of carbonyl (C=O) groups is 4. The van der Waals surface area contributed by atoms with E-state index >= 15 is 0 Å². The van der Waals surface area contributed by atoms with Crippen molar-refractivity contribution < 1.29 is 28.7 Å². The van der Waals surface area contributed by atoms with Crippen LogP contribution in [0.15, 0.2) is 146 Å². The minimum atomic E-state index is -0.745. The lowest BCUT2D eigenvalue weighted by atomic mass is 9.84. The number of H-pyrrole nitrogens is 2. The number of fused-ring (bicyclic) bond motifs is 2. The number of methoxy groups -OCH3 is 2. The van der Waals surface area contributed by atoms with E-state index in [-0.39, 0.29) is 53.7 Å². The maximum absolute atomic E-state index is 14.8. The zero-order valence-corrected chi connectivity index (χ0v) is 49.1. The van der Waals surface area contributed by atoms with Gasteiger partial charge in [0, 0.05) is 23.9 Å². The summed E-state index contributed by atoms with van der Waals surface area (Å²) in [6.07, 6.45) is 32.8. The smallest absolute Gasteiger partial charge is 0.407 e. The zero-order valence-electron chi connectivity index (χ0n) is 49.1. The molecule has 14 heteroatoms. The summed E-state index contributed by atoms with van der Waals surface area (Å²) in [4.78, 5) is 76.4. The molecule has 2 aliphatic heterocycles. The number of benzene rings is 4. The fourth-order valence-electron chi connectivity index (χ4n) is 15.4. The van der Waals surface area contributed by atoms with Gasteiger partial charge in [0.1, 0.15) is 23.7 Å². The Labute approximate surface area is 498 Å². The van der Waals surface area contributed by atoms with Crippen molar-refractivity contribution in [2.75, 3.05) is 14.2 Å². The number of amides is 4. The van der Waals surface area contributed by atoms with E-state index in [9.17, 15) is 19.2 Å². The molecule has 4 bridgehead atoms. The Bertz CT molecular complexity index is 3580. The average molecular weight is 1140 g/mol. The summed E-state index contributed by atoms with van der Waals surface area (Å²) in [5.74, 6) is 2.09. The predicted octanol–water partition coefficient (Wildman–Crippen LogP) is 13.6. The van der Waals surface area contributed by atoms with Gasteiger partial charge < -0.3 is 39.9 Å². The summed E-state index contributed by atoms with van der Waals surface area (Å²) in [6.45, 7) is 2.34. The second-order valence-electron chi connectivity index (χ2n) is 24.9. The first kappa shape index (κ1) is 55.9. The fourth-order valence-corrected chi connectivity index (χ4v) is 15.4. The van der Waals surface area contributed by atoms with Crippen molar-refractivity contribution >= 4 is 24.0 Å². The number of ether oxygens (including phenoxy) is 2. The van der Waals surface area contributed by atoms with E-state index in [1.165, 1.54) is 58.7 Å². The van der Waals surface area contributed by atoms with Crippen LogP contribution >= 0.6 is 0 Å². The highest BCUT2D eigenvalue weighted by molar-refractivity contribution is 5.88. The number of imidazole rings is 2. The Morgan fingerprint density at radius 3 is 1.54 bits per heavy atom. The Hall–Kier alpha value is -8.26. The number of alkyl carbamates (subject to hydrolysis) is 2. The molecule has 85 heavy (non-hydrogen) atoms. The van der Waals surface area contributed by atoms with Crippen molar-refractivity contribution in [1.29, 1.82) is 0 Å². The maximum Gasteiger partial charge on any atom is 0.407 e. The SMILES string of the molecule is COC(=O)N[C@H](C(=O)N1[C@H](c2ncc(-c3ccc(-c4cc5ccc4CCc4ccc(c(-c6ccc(-c7cnc([C@@H]8C[C@@H]9CCCC[C@@H]9N8C(=O)[C@@H](NC(=O)OC)C8C=CC=CC8)[nH]7)cc6)c4)C[C@H]5C)cc3)[nH]2)C[C@@H]2CCCC[C@@H]21)C1C=CC=CC1. The van der Waals surface area contributed by atoms with Crippen molar-refractivity contribution in [2.45, 2.75) is 145 Å². The molecule has 0 radical (unpaired) electrons. The lowest BCUT2D eigenvalue weighted by Crippen LogP contribution is -2.54. The molecule has 4 fully saturated rings. The van der Waals surface area contributed by atoms with Crippen LogP contribution in [0.25, 0.3) is 44.8 Å². The third-order valence-corrected chi connectivity index (χ3v) is 19.9. The highest BCUT2D eigenvalue weighted by Crippen LogP contribution is 2.49. The fraction of sp³-hybridized carbons (Fsp3) is 0.408. The molecule has 14 nitrogen and oxygen atoms in total. The average Bonchev–Trinajstić information content (AvgIpc) is 3.29. The molecule has 11 atom stereocenters. The third-order valence-electron chi connectivity index (χ3n) is 19.9. The summed E-state index contributed by atoms with van der Waals surface area (Å²) in [5.41, 5.74) is 14.0. The van der Waals surface area contributed by atoms with Gasteiger partial charge in [-0.05, 0) is 144 Å². The van der Waals surface area contributed by atoms with Gasteiger partial charge in [-0.1, -0.05) is 166 Å². The first-order chi connectivity index (χ1) is 41.6. The van der Waals surface area contributed by atoms with Gasteiger partial charge in [-0.2, -0.15) is 0 Å². The van der Waals surface area contributed by atoms with Gasteiger partial charge in [-0.25, -0.2) is 19.6 Å². The number of aromatic amines is 2. The Morgan fingerprint density at radius 1 is 0.565 bits per heavy atom. The van der Waals surface area contributed by atoms with E-state index in [4.69, 9.17) is 19.4 Å². The van der Waals surface area contributed by atoms with Crippen molar-refractivity contribution in [1.82, 2.24) is 40.4 Å². The molecular formula is C71H78N8O6. The van der Waals surface area contributed by atoms with E-state index < -0.39 is 24.3 Å². The number of hydrogen-bond acceptors (Lipinski definition) is 8. The van der Waals surface area contributed by atoms with Crippen molar-refractivity contribution in [3.63, 3.8) is 0 Å². The van der Waals surface area contributed by atoms with Crippen molar-refractivity contribution in [2.24, 2.45) is 23.7 Å². The van der Waals surface area contributed by atoms with E-state index in [0.717, 1.165) is 118 Å². The molecule has 438 valence electrons. The quantitative estimate of drug-likeness (QED) is 0.0936. The van der Waals surface area contributed by atoms with Gasteiger partial charge in [0.15, 0.2) is 0 Å². The number of nitrogens with zero attached hydrogens (tertiary/aromatic N) is 4. The third kappa shape index (κ3) is 11.3. The second kappa shape index (κ2) is 24.4. The van der Waals surface area contributed by atoms with Crippen LogP contribution in [-0.2, 0) is 38.3 Å². The number of carbonyl (C=O) groups excluding carboxylic acids is 4. The van der Waals surface area contributed by atoms with Crippen molar-refractivity contribution in [3.8, 4) is 44.8 Å². The molecule has 2 saturated carbocycles. The lowest BCUT2D eigenvalue weighted by molar-refractivity contribution is -0.139. The predicted molar refractivity (Wildman–Crippen MR) is 330 cm³/mol. The topological polar surface area (TPSA) is 175 Å². The molecule has 4 amide bonds. The van der Waals surface area contributed by atoms with Crippen LogP contribution in [0.5, 0.6) is 0 Å². The Balaban J connectivity index is 0.709. The van der Waals surface area contributed by atoms with Crippen LogP contribution in [0.1, 0.15) is 136 Å². The molecule has 6 aromatic rings. The number of aryl methyl sites for hydroxylation is 2. The number of hydrogen-bond donors (Lipinski definition) is 4. The van der Waals surface area contributed by atoms with E-state index in [2.05, 4.69) is 122 Å². The highest BCUT2D eigenvalue weighted by atomic mass is 16.5. The molecule has 16 rings (SSSR count). The van der Waals surface area contributed by atoms with Gasteiger partial charge in [0.25, 0.3) is 0 Å². The lowest BCUT2D eigenvalue weighted by Gasteiger charge is -2.37. The number of nitrogens with one attached hydrogen (secondary N) is 4. The molecule has 8 aliphatic carbocycles. The number of allylic oxidation sites excluding steroid dienone is 6.